The number of carbonyl (C=O) groups is 1. The van der Waals surface area contributed by atoms with E-state index in [0.29, 0.717) is 25.1 Å². The second-order valence-corrected chi connectivity index (χ2v) is 7.04. The maximum absolute atomic E-state index is 14.3. The van der Waals surface area contributed by atoms with Crippen LogP contribution >= 0.6 is 11.8 Å². The number of thioether (sulfide) groups is 1. The number of benzene rings is 1. The Balaban J connectivity index is 1.94. The quantitative estimate of drug-likeness (QED) is 0.403. The molecule has 0 radical (unpaired) electrons. The number of nitriles is 1. The van der Waals surface area contributed by atoms with E-state index in [1.165, 1.54) is 42.1 Å². The number of hydrogen-bond donors (Lipinski definition) is 1. The van der Waals surface area contributed by atoms with Crippen LogP contribution in [0.4, 0.5) is 8.78 Å². The van der Waals surface area contributed by atoms with Crippen molar-refractivity contribution < 1.29 is 18.7 Å². The van der Waals surface area contributed by atoms with E-state index in [-0.39, 0.29) is 17.5 Å². The summed E-state index contributed by atoms with van der Waals surface area (Å²) in [6.07, 6.45) is 3.17. The lowest BCUT2D eigenvalue weighted by Gasteiger charge is -2.24. The van der Waals surface area contributed by atoms with E-state index in [2.05, 4.69) is 0 Å². The molecule has 1 aromatic rings. The van der Waals surface area contributed by atoms with Crippen molar-refractivity contribution in [1.29, 1.82) is 5.26 Å². The summed E-state index contributed by atoms with van der Waals surface area (Å²) in [5.74, 6) is -2.68. The molecule has 1 N–H and O–H groups in total. The number of unbranched alkanes of at least 4 members (excludes halogenated alkanes) is 1. The molecule has 26 heavy (non-hydrogen) atoms. The van der Waals surface area contributed by atoms with Gasteiger partial charge in [0.05, 0.1) is 6.04 Å². The third kappa shape index (κ3) is 5.29. The average molecular weight is 380 g/mol. The van der Waals surface area contributed by atoms with Gasteiger partial charge in [0.2, 0.25) is 5.91 Å². The van der Waals surface area contributed by atoms with E-state index in [1.807, 2.05) is 5.40 Å². The van der Waals surface area contributed by atoms with E-state index in [0.717, 1.165) is 18.9 Å². The largest absolute Gasteiger partial charge is 0.382 e. The van der Waals surface area contributed by atoms with E-state index < -0.39 is 12.0 Å². The van der Waals surface area contributed by atoms with Crippen molar-refractivity contribution in [2.24, 2.45) is 0 Å². The van der Waals surface area contributed by atoms with Gasteiger partial charge >= 0.3 is 5.92 Å². The zero-order chi connectivity index (χ0) is 19.0. The molecule has 0 unspecified atom stereocenters. The third-order valence-electron chi connectivity index (χ3n) is 4.38. The van der Waals surface area contributed by atoms with Crippen molar-refractivity contribution in [2.75, 3.05) is 12.3 Å². The van der Waals surface area contributed by atoms with Gasteiger partial charge in [-0.1, -0.05) is 42.5 Å². The smallest absolute Gasteiger partial charge is 0.302 e. The first-order valence-corrected chi connectivity index (χ1v) is 9.55. The first-order chi connectivity index (χ1) is 12.5. The number of rotatable bonds is 9. The van der Waals surface area contributed by atoms with Crippen LogP contribution in [0.1, 0.15) is 31.2 Å². The highest BCUT2D eigenvalue weighted by molar-refractivity contribution is 8.03. The Morgan fingerprint density at radius 3 is 2.81 bits per heavy atom. The number of likely N-dealkylation sites (tertiary alicyclic amines) is 1. The molecule has 1 aromatic carbocycles. The topological polar surface area (TPSA) is 64.3 Å². The van der Waals surface area contributed by atoms with Crippen molar-refractivity contribution in [2.45, 2.75) is 43.8 Å². The van der Waals surface area contributed by atoms with Gasteiger partial charge in [-0.15, -0.1) is 0 Å². The second kappa shape index (κ2) is 9.70. The Bertz CT molecular complexity index is 661. The zero-order valence-electron chi connectivity index (χ0n) is 14.4. The van der Waals surface area contributed by atoms with Gasteiger partial charge in [0.25, 0.3) is 0 Å². The molecule has 140 valence electrons. The monoisotopic (exact) mass is 380 g/mol. The van der Waals surface area contributed by atoms with Crippen molar-refractivity contribution in [3.8, 4) is 5.40 Å². The molecule has 7 heteroatoms. The standard InChI is InChI=1S/C19H22F2N2O2S/c20-19(21,15-6-2-1-3-7-15)17(24)10-8-16-9-11-18(25)23(16)12-4-5-13-26-14-22/h1-3,6-8,10,16-17,24H,4-5,9,11-13H2/b10-8+/t16-,17+/m0/s1. The molecular weight excluding hydrogens is 358 g/mol. The predicted octanol–water partition coefficient (Wildman–Crippen LogP) is 3.68. The Hall–Kier alpha value is -1.91. The summed E-state index contributed by atoms with van der Waals surface area (Å²) in [4.78, 5) is 13.7. The molecular formula is C19H22F2N2O2S. The lowest BCUT2D eigenvalue weighted by molar-refractivity contribution is -0.128. The predicted molar refractivity (Wildman–Crippen MR) is 97.5 cm³/mol. The van der Waals surface area contributed by atoms with E-state index in [4.69, 9.17) is 5.26 Å². The van der Waals surface area contributed by atoms with E-state index in [1.54, 1.807) is 11.0 Å². The molecule has 0 spiro atoms. The molecule has 1 saturated heterocycles. The second-order valence-electron chi connectivity index (χ2n) is 6.16. The van der Waals surface area contributed by atoms with Crippen molar-refractivity contribution in [3.63, 3.8) is 0 Å². The van der Waals surface area contributed by atoms with E-state index >= 15 is 0 Å². The van der Waals surface area contributed by atoms with Crippen LogP contribution in [-0.4, -0.2) is 40.4 Å². The van der Waals surface area contributed by atoms with Crippen molar-refractivity contribution in [1.82, 2.24) is 4.90 Å². The van der Waals surface area contributed by atoms with Crippen LogP contribution in [0, 0.1) is 10.7 Å². The Morgan fingerprint density at radius 2 is 2.12 bits per heavy atom. The maximum atomic E-state index is 14.3. The Morgan fingerprint density at radius 1 is 1.38 bits per heavy atom. The van der Waals surface area contributed by atoms with Crippen LogP contribution in [0.15, 0.2) is 42.5 Å². The molecule has 1 aliphatic rings. The van der Waals surface area contributed by atoms with Crippen LogP contribution in [-0.2, 0) is 10.7 Å². The number of hydrogen-bond acceptors (Lipinski definition) is 4. The summed E-state index contributed by atoms with van der Waals surface area (Å²) in [6.45, 7) is 0.533. The highest BCUT2D eigenvalue weighted by Crippen LogP contribution is 2.32. The number of aliphatic hydroxyl groups excluding tert-OH is 1. The fraction of sp³-hybridized carbons (Fsp3) is 0.474. The van der Waals surface area contributed by atoms with E-state index in [9.17, 15) is 18.7 Å². The van der Waals surface area contributed by atoms with Crippen LogP contribution in [0.2, 0.25) is 0 Å². The van der Waals surface area contributed by atoms with Gasteiger partial charge < -0.3 is 10.0 Å². The van der Waals surface area contributed by atoms with Crippen LogP contribution in [0.5, 0.6) is 0 Å². The summed E-state index contributed by atoms with van der Waals surface area (Å²) in [5, 5.41) is 20.4. The highest BCUT2D eigenvalue weighted by atomic mass is 32.2. The molecule has 0 aliphatic carbocycles. The first kappa shape index (κ1) is 20.4. The van der Waals surface area contributed by atoms with Crippen LogP contribution < -0.4 is 0 Å². The molecule has 1 fully saturated rings. The summed E-state index contributed by atoms with van der Waals surface area (Å²) in [6, 6.07) is 6.93. The van der Waals surface area contributed by atoms with Gasteiger partial charge in [0.15, 0.2) is 0 Å². The lowest BCUT2D eigenvalue weighted by Crippen LogP contribution is -2.34. The molecule has 4 nitrogen and oxygen atoms in total. The summed E-state index contributed by atoms with van der Waals surface area (Å²) in [7, 11) is 0. The highest BCUT2D eigenvalue weighted by Gasteiger charge is 2.39. The summed E-state index contributed by atoms with van der Waals surface area (Å²) < 4.78 is 28.6. The minimum Gasteiger partial charge on any atom is -0.382 e. The fourth-order valence-electron chi connectivity index (χ4n) is 2.93. The normalized spacial score (nSPS) is 19.1. The molecule has 0 saturated carbocycles. The summed E-state index contributed by atoms with van der Waals surface area (Å²) in [5.41, 5.74) is -0.244. The number of carbonyl (C=O) groups excluding carboxylic acids is 1. The number of nitrogens with zero attached hydrogens (tertiary/aromatic N) is 2. The Kier molecular flexibility index (Phi) is 7.61. The van der Waals surface area contributed by atoms with Gasteiger partial charge in [0.1, 0.15) is 11.5 Å². The first-order valence-electron chi connectivity index (χ1n) is 8.57. The zero-order valence-corrected chi connectivity index (χ0v) is 15.2. The number of amides is 1. The minimum atomic E-state index is -3.39. The molecule has 2 atom stereocenters. The number of aliphatic hydroxyl groups is 1. The van der Waals surface area contributed by atoms with Gasteiger partial charge in [0, 0.05) is 24.3 Å². The maximum Gasteiger partial charge on any atom is 0.302 e. The fourth-order valence-corrected chi connectivity index (χ4v) is 3.37. The number of alkyl halides is 2. The molecule has 1 heterocycles. The van der Waals surface area contributed by atoms with Gasteiger partial charge in [-0.25, -0.2) is 0 Å². The third-order valence-corrected chi connectivity index (χ3v) is 5.00. The summed E-state index contributed by atoms with van der Waals surface area (Å²) >= 11 is 1.18. The minimum absolute atomic E-state index is 0.00287. The van der Waals surface area contributed by atoms with Gasteiger partial charge in [-0.2, -0.15) is 14.0 Å². The van der Waals surface area contributed by atoms with Crippen molar-refractivity contribution in [3.05, 3.63) is 48.0 Å². The van der Waals surface area contributed by atoms with Crippen molar-refractivity contribution >= 4 is 17.7 Å². The average Bonchev–Trinajstić information content (AvgIpc) is 3.00. The molecule has 1 aliphatic heterocycles. The SMILES string of the molecule is N#CSCCCCN1C(=O)CC[C@@H]1/C=C/[C@@H](O)C(F)(F)c1ccccc1. The Labute approximate surface area is 156 Å². The molecule has 2 rings (SSSR count). The molecule has 0 bridgehead atoms. The number of halogens is 2. The van der Waals surface area contributed by atoms with Crippen LogP contribution in [0.25, 0.3) is 0 Å². The number of thiocyanates is 1. The lowest BCUT2D eigenvalue weighted by atomic mass is 10.0. The van der Waals surface area contributed by atoms with Crippen LogP contribution in [0.3, 0.4) is 0 Å². The van der Waals surface area contributed by atoms with Gasteiger partial charge in [-0.05, 0) is 31.0 Å². The molecule has 1 amide bonds. The van der Waals surface area contributed by atoms with Gasteiger partial charge in [-0.3, -0.25) is 4.79 Å². The molecule has 0 aromatic heterocycles.